The molecule has 3 rings (SSSR count). The van der Waals surface area contributed by atoms with Crippen molar-refractivity contribution in [2.24, 2.45) is 0 Å². The maximum absolute atomic E-state index is 13.6. The number of amides is 1. The van der Waals surface area contributed by atoms with Crippen molar-refractivity contribution in [3.05, 3.63) is 64.0 Å². The van der Waals surface area contributed by atoms with Crippen LogP contribution in [-0.2, 0) is 9.53 Å². The highest BCUT2D eigenvalue weighted by Crippen LogP contribution is 2.25. The number of benzene rings is 2. The molecule has 1 aromatic heterocycles. The van der Waals surface area contributed by atoms with E-state index in [1.165, 1.54) is 36.4 Å². The van der Waals surface area contributed by atoms with Gasteiger partial charge in [-0.3, -0.25) is 14.9 Å². The van der Waals surface area contributed by atoms with Gasteiger partial charge >= 0.3 is 5.97 Å². The number of thioether (sulfide) groups is 1. The van der Waals surface area contributed by atoms with Crippen molar-refractivity contribution in [3.63, 3.8) is 0 Å². The molecule has 1 amide bonds. The molecule has 0 atom stereocenters. The largest absolute Gasteiger partial charge is 0.465 e. The van der Waals surface area contributed by atoms with Gasteiger partial charge in [0, 0.05) is 23.4 Å². The van der Waals surface area contributed by atoms with E-state index in [0.29, 0.717) is 5.56 Å². The van der Waals surface area contributed by atoms with Crippen LogP contribution >= 0.6 is 11.8 Å². The monoisotopic (exact) mass is 432 g/mol. The number of carbonyl (C=O) groups is 2. The minimum absolute atomic E-state index is 0.0688. The van der Waals surface area contributed by atoms with E-state index in [4.69, 9.17) is 4.42 Å². The van der Waals surface area contributed by atoms with Gasteiger partial charge in [-0.1, -0.05) is 11.8 Å². The highest BCUT2D eigenvalue weighted by atomic mass is 32.2. The lowest BCUT2D eigenvalue weighted by molar-refractivity contribution is -0.384. The molecule has 0 saturated heterocycles. The SMILES string of the molecule is COC(=O)c1cc(NC(=O)CSc2nnc(-c3ccc([N+](=O)[O-])cc3)o2)ccc1F. The van der Waals surface area contributed by atoms with Gasteiger partial charge in [0.2, 0.25) is 11.8 Å². The summed E-state index contributed by atoms with van der Waals surface area (Å²) in [5, 5.41) is 21.0. The van der Waals surface area contributed by atoms with Gasteiger partial charge in [0.05, 0.1) is 23.3 Å². The predicted octanol–water partition coefficient (Wildman–Crippen LogP) is 3.30. The number of nitro benzene ring substituents is 1. The third kappa shape index (κ3) is 4.97. The molecule has 0 aliphatic heterocycles. The lowest BCUT2D eigenvalue weighted by Crippen LogP contribution is -2.15. The molecular weight excluding hydrogens is 419 g/mol. The molecule has 154 valence electrons. The summed E-state index contributed by atoms with van der Waals surface area (Å²) < 4.78 is 23.6. The van der Waals surface area contributed by atoms with E-state index in [1.54, 1.807) is 0 Å². The lowest BCUT2D eigenvalue weighted by Gasteiger charge is -2.07. The Hall–Kier alpha value is -3.80. The quantitative estimate of drug-likeness (QED) is 0.258. The van der Waals surface area contributed by atoms with Crippen LogP contribution in [0.1, 0.15) is 10.4 Å². The highest BCUT2D eigenvalue weighted by molar-refractivity contribution is 7.99. The van der Waals surface area contributed by atoms with Crippen molar-refractivity contribution in [3.8, 4) is 11.5 Å². The summed E-state index contributed by atoms with van der Waals surface area (Å²) >= 11 is 0.963. The summed E-state index contributed by atoms with van der Waals surface area (Å²) in [5.74, 6) is -2.01. The number of nitrogens with one attached hydrogen (secondary N) is 1. The zero-order valence-electron chi connectivity index (χ0n) is 15.3. The maximum atomic E-state index is 13.6. The van der Waals surface area contributed by atoms with Crippen LogP contribution in [0.25, 0.3) is 11.5 Å². The van der Waals surface area contributed by atoms with Crippen molar-refractivity contribution in [1.82, 2.24) is 10.2 Å². The van der Waals surface area contributed by atoms with Gasteiger partial charge in [-0.25, -0.2) is 9.18 Å². The van der Waals surface area contributed by atoms with E-state index in [2.05, 4.69) is 20.3 Å². The minimum Gasteiger partial charge on any atom is -0.465 e. The molecule has 10 nitrogen and oxygen atoms in total. The summed E-state index contributed by atoms with van der Waals surface area (Å²) in [5.41, 5.74) is 0.346. The molecule has 12 heteroatoms. The van der Waals surface area contributed by atoms with E-state index < -0.39 is 22.6 Å². The highest BCUT2D eigenvalue weighted by Gasteiger charge is 2.15. The van der Waals surface area contributed by atoms with Gasteiger partial charge in [-0.05, 0) is 30.3 Å². The molecule has 3 aromatic rings. The van der Waals surface area contributed by atoms with E-state index in [0.717, 1.165) is 24.9 Å². The first kappa shape index (κ1) is 20.9. The topological polar surface area (TPSA) is 137 Å². The van der Waals surface area contributed by atoms with Crippen molar-refractivity contribution >= 4 is 35.0 Å². The van der Waals surface area contributed by atoms with Crippen LogP contribution in [0.4, 0.5) is 15.8 Å². The Balaban J connectivity index is 1.59. The first-order valence-corrected chi connectivity index (χ1v) is 9.25. The fourth-order valence-corrected chi connectivity index (χ4v) is 2.87. The van der Waals surface area contributed by atoms with Crippen molar-refractivity contribution in [2.45, 2.75) is 5.22 Å². The summed E-state index contributed by atoms with van der Waals surface area (Å²) in [4.78, 5) is 33.8. The molecule has 2 aromatic carbocycles. The van der Waals surface area contributed by atoms with Gasteiger partial charge in [0.15, 0.2) is 0 Å². The predicted molar refractivity (Wildman–Crippen MR) is 103 cm³/mol. The number of methoxy groups -OCH3 is 1. The van der Waals surface area contributed by atoms with Gasteiger partial charge in [0.1, 0.15) is 5.82 Å². The Morgan fingerprint density at radius 1 is 1.23 bits per heavy atom. The number of carbonyl (C=O) groups excluding carboxylic acids is 2. The summed E-state index contributed by atoms with van der Waals surface area (Å²) in [6.45, 7) is 0. The van der Waals surface area contributed by atoms with Gasteiger partial charge in [0.25, 0.3) is 10.9 Å². The third-order valence-corrected chi connectivity index (χ3v) is 4.53. The second kappa shape index (κ2) is 9.13. The second-order valence-corrected chi connectivity index (χ2v) is 6.63. The zero-order chi connectivity index (χ0) is 21.7. The minimum atomic E-state index is -0.859. The number of non-ortho nitro benzene ring substituents is 1. The number of nitro groups is 1. The summed E-state index contributed by atoms with van der Waals surface area (Å²) in [7, 11) is 1.12. The fraction of sp³-hybridized carbons (Fsp3) is 0.111. The number of halogens is 1. The normalized spacial score (nSPS) is 10.5. The Morgan fingerprint density at radius 2 is 1.97 bits per heavy atom. The molecule has 0 unspecified atom stereocenters. The van der Waals surface area contributed by atoms with E-state index in [9.17, 15) is 24.1 Å². The standard InChI is InChI=1S/C18H13FN4O6S/c1-28-17(25)13-8-11(4-7-14(13)19)20-15(24)9-30-18-22-21-16(29-18)10-2-5-12(6-3-10)23(26)27/h2-8H,9H2,1H3,(H,20,24). The van der Waals surface area contributed by atoms with Gasteiger partial charge in [-0.2, -0.15) is 0 Å². The number of nitrogens with zero attached hydrogens (tertiary/aromatic N) is 3. The number of anilines is 1. The Labute approximate surface area is 172 Å². The lowest BCUT2D eigenvalue weighted by atomic mass is 10.2. The second-order valence-electron chi connectivity index (χ2n) is 5.70. The maximum Gasteiger partial charge on any atom is 0.340 e. The number of hydrogen-bond donors (Lipinski definition) is 1. The average molecular weight is 432 g/mol. The van der Waals surface area contributed by atoms with Crippen molar-refractivity contribution in [1.29, 1.82) is 0 Å². The smallest absolute Gasteiger partial charge is 0.340 e. The van der Waals surface area contributed by atoms with Crippen molar-refractivity contribution < 1.29 is 28.1 Å². The Kier molecular flexibility index (Phi) is 6.37. The van der Waals surface area contributed by atoms with E-state index >= 15 is 0 Å². The van der Waals surface area contributed by atoms with E-state index in [1.807, 2.05) is 0 Å². The average Bonchev–Trinajstić information content (AvgIpc) is 3.22. The number of rotatable bonds is 7. The molecule has 0 saturated carbocycles. The van der Waals surface area contributed by atoms with Crippen LogP contribution < -0.4 is 5.32 Å². The molecule has 1 N–H and O–H groups in total. The molecule has 30 heavy (non-hydrogen) atoms. The molecule has 1 heterocycles. The molecule has 0 aliphatic rings. The van der Waals surface area contributed by atoms with Crippen LogP contribution in [-0.4, -0.2) is 39.9 Å². The number of ether oxygens (including phenoxy) is 1. The van der Waals surface area contributed by atoms with Crippen LogP contribution in [0.5, 0.6) is 0 Å². The molecule has 0 radical (unpaired) electrons. The van der Waals surface area contributed by atoms with Crippen LogP contribution in [0.3, 0.4) is 0 Å². The van der Waals surface area contributed by atoms with Crippen LogP contribution in [0.2, 0.25) is 0 Å². The Bertz CT molecular complexity index is 1100. The molecular formula is C18H13FN4O6S. The van der Waals surface area contributed by atoms with Crippen LogP contribution in [0.15, 0.2) is 52.1 Å². The third-order valence-electron chi connectivity index (χ3n) is 3.71. The summed E-state index contributed by atoms with van der Waals surface area (Å²) in [6, 6.07) is 9.09. The number of esters is 1. The Morgan fingerprint density at radius 3 is 2.63 bits per heavy atom. The first-order chi connectivity index (χ1) is 14.4. The van der Waals surface area contributed by atoms with E-state index in [-0.39, 0.29) is 33.8 Å². The van der Waals surface area contributed by atoms with Gasteiger partial charge in [-0.15, -0.1) is 10.2 Å². The summed E-state index contributed by atoms with van der Waals surface area (Å²) in [6.07, 6.45) is 0. The number of hydrogen-bond acceptors (Lipinski definition) is 9. The number of aromatic nitrogens is 2. The molecule has 0 spiro atoms. The van der Waals surface area contributed by atoms with Crippen LogP contribution in [0, 0.1) is 15.9 Å². The first-order valence-electron chi connectivity index (χ1n) is 8.26. The van der Waals surface area contributed by atoms with Gasteiger partial charge < -0.3 is 14.5 Å². The van der Waals surface area contributed by atoms with Crippen molar-refractivity contribution in [2.75, 3.05) is 18.2 Å². The molecule has 0 bridgehead atoms. The molecule has 0 aliphatic carbocycles. The fourth-order valence-electron chi connectivity index (χ4n) is 2.30. The zero-order valence-corrected chi connectivity index (χ0v) is 16.1. The molecule has 0 fully saturated rings.